The molecule has 1 aliphatic heterocycles. The average Bonchev–Trinajstić information content (AvgIpc) is 3.74. The number of carboxylic acid groups (broad SMARTS) is 1. The van der Waals surface area contributed by atoms with Gasteiger partial charge in [-0.3, -0.25) is 0 Å². The molecule has 196 valence electrons. The molecule has 1 aliphatic rings. The molecule has 0 saturated carbocycles. The lowest BCUT2D eigenvalue weighted by Gasteiger charge is -2.07. The Morgan fingerprint density at radius 1 is 1.03 bits per heavy atom. The highest BCUT2D eigenvalue weighted by Gasteiger charge is 2.25. The summed E-state index contributed by atoms with van der Waals surface area (Å²) in [6.45, 7) is 11.2. The van der Waals surface area contributed by atoms with E-state index >= 15 is 0 Å². The average molecular weight is 516 g/mol. The van der Waals surface area contributed by atoms with Gasteiger partial charge in [-0.05, 0) is 40.5 Å². The molecule has 1 unspecified atom stereocenters. The van der Waals surface area contributed by atoms with Crippen molar-refractivity contribution in [2.75, 3.05) is 13.2 Å². The van der Waals surface area contributed by atoms with E-state index in [0.717, 1.165) is 33.2 Å². The maximum absolute atomic E-state index is 11.4. The zero-order valence-electron chi connectivity index (χ0n) is 20.9. The Labute approximate surface area is 220 Å². The molecule has 0 amide bonds. The third-order valence-corrected chi connectivity index (χ3v) is 5.63. The maximum atomic E-state index is 11.4. The van der Waals surface area contributed by atoms with E-state index < -0.39 is 17.9 Å². The number of aliphatic carboxylic acids is 1. The Hall–Kier alpha value is -4.56. The van der Waals surface area contributed by atoms with Crippen LogP contribution in [0.3, 0.4) is 0 Å². The van der Waals surface area contributed by atoms with E-state index in [1.54, 1.807) is 6.21 Å². The summed E-state index contributed by atoms with van der Waals surface area (Å²) >= 11 is 0. The highest BCUT2D eigenvalue weighted by Crippen LogP contribution is 2.27. The van der Waals surface area contributed by atoms with Crippen LogP contribution in [0, 0.1) is 0 Å². The highest BCUT2D eigenvalue weighted by atomic mass is 16.7. The van der Waals surface area contributed by atoms with Crippen LogP contribution < -0.4 is 0 Å². The first-order valence-corrected chi connectivity index (χ1v) is 11.9. The maximum Gasteiger partial charge on any atom is 0.357 e. The number of ether oxygens (including phenoxy) is 2. The van der Waals surface area contributed by atoms with Crippen molar-refractivity contribution in [1.29, 1.82) is 0 Å². The van der Waals surface area contributed by atoms with Gasteiger partial charge in [-0.2, -0.15) is 0 Å². The van der Waals surface area contributed by atoms with Crippen LogP contribution in [-0.4, -0.2) is 48.5 Å². The summed E-state index contributed by atoms with van der Waals surface area (Å²) in [6, 6.07) is 18.2. The summed E-state index contributed by atoms with van der Waals surface area (Å²) in [5.41, 5.74) is 1.44. The van der Waals surface area contributed by atoms with Gasteiger partial charge < -0.3 is 19.4 Å². The topological polar surface area (TPSA) is 115 Å². The standard InChI is InChI=1S/C18H13NO2.C12H16O5/c1-2-18(20)21-19-12-17-15-9-5-3-7-13(15)11-14-8-4-6-10-16(14)17;1-8(11(13)14)4-3-5-16-12(15)9(2)6-10-7-17-10/h2-12H,1H2;10H,1-7H2,(H,13,14). The number of carboxylic acids is 1. The molecule has 8 nitrogen and oxygen atoms in total. The van der Waals surface area contributed by atoms with Crippen molar-refractivity contribution in [2.45, 2.75) is 25.4 Å². The summed E-state index contributed by atoms with van der Waals surface area (Å²) in [4.78, 5) is 37.6. The molecule has 1 heterocycles. The number of rotatable bonds is 11. The predicted molar refractivity (Wildman–Crippen MR) is 146 cm³/mol. The number of hydrogen-bond acceptors (Lipinski definition) is 7. The summed E-state index contributed by atoms with van der Waals surface area (Å²) < 4.78 is 9.90. The fourth-order valence-corrected chi connectivity index (χ4v) is 3.56. The van der Waals surface area contributed by atoms with Gasteiger partial charge in [0.05, 0.1) is 25.5 Å². The molecule has 0 aromatic heterocycles. The first-order chi connectivity index (χ1) is 18.3. The Bertz CT molecular complexity index is 1350. The van der Waals surface area contributed by atoms with Gasteiger partial charge in [-0.1, -0.05) is 73.4 Å². The van der Waals surface area contributed by atoms with Crippen LogP contribution in [0.2, 0.25) is 0 Å². The summed E-state index contributed by atoms with van der Waals surface area (Å²) in [7, 11) is 0. The van der Waals surface area contributed by atoms with Crippen LogP contribution in [0.25, 0.3) is 21.5 Å². The number of hydrogen-bond donors (Lipinski definition) is 1. The minimum Gasteiger partial charge on any atom is -0.478 e. The molecule has 3 aromatic carbocycles. The number of fused-ring (bicyclic) bond motifs is 2. The van der Waals surface area contributed by atoms with Crippen molar-refractivity contribution in [1.82, 2.24) is 0 Å². The van der Waals surface area contributed by atoms with E-state index in [-0.39, 0.29) is 18.3 Å². The van der Waals surface area contributed by atoms with Gasteiger partial charge >= 0.3 is 17.9 Å². The Kier molecular flexibility index (Phi) is 10.1. The van der Waals surface area contributed by atoms with Crippen LogP contribution in [0.1, 0.15) is 24.8 Å². The molecule has 0 radical (unpaired) electrons. The molecule has 1 N–H and O–H groups in total. The van der Waals surface area contributed by atoms with Crippen molar-refractivity contribution >= 4 is 45.7 Å². The van der Waals surface area contributed by atoms with Crippen molar-refractivity contribution < 1.29 is 33.8 Å². The smallest absolute Gasteiger partial charge is 0.357 e. The number of oxime groups is 1. The number of epoxide rings is 1. The van der Waals surface area contributed by atoms with E-state index in [1.807, 2.05) is 36.4 Å². The molecule has 3 aromatic rings. The molecule has 8 heteroatoms. The molecule has 1 saturated heterocycles. The van der Waals surface area contributed by atoms with Crippen LogP contribution in [-0.2, 0) is 28.7 Å². The van der Waals surface area contributed by atoms with E-state index in [0.29, 0.717) is 31.4 Å². The second-order valence-electron chi connectivity index (χ2n) is 8.49. The number of carbonyl (C=O) groups excluding carboxylic acids is 2. The van der Waals surface area contributed by atoms with Crippen LogP contribution in [0.5, 0.6) is 0 Å². The molecule has 4 rings (SSSR count). The Balaban J connectivity index is 0.000000216. The van der Waals surface area contributed by atoms with Gasteiger partial charge in [-0.25, -0.2) is 14.4 Å². The molecule has 0 bridgehead atoms. The fourth-order valence-electron chi connectivity index (χ4n) is 3.56. The van der Waals surface area contributed by atoms with Crippen LogP contribution >= 0.6 is 0 Å². The zero-order chi connectivity index (χ0) is 27.5. The quantitative estimate of drug-likeness (QED) is 0.0535. The van der Waals surface area contributed by atoms with E-state index in [4.69, 9.17) is 19.4 Å². The first kappa shape index (κ1) is 28.0. The fraction of sp³-hybridized carbons (Fsp3) is 0.200. The van der Waals surface area contributed by atoms with Gasteiger partial charge in [-0.15, -0.1) is 0 Å². The van der Waals surface area contributed by atoms with E-state index in [9.17, 15) is 14.4 Å². The van der Waals surface area contributed by atoms with Gasteiger partial charge in [0.25, 0.3) is 0 Å². The largest absolute Gasteiger partial charge is 0.478 e. The molecule has 38 heavy (non-hydrogen) atoms. The van der Waals surface area contributed by atoms with Gasteiger partial charge in [0, 0.05) is 29.2 Å². The van der Waals surface area contributed by atoms with E-state index in [2.05, 4.69) is 43.1 Å². The lowest BCUT2D eigenvalue weighted by atomic mass is 9.97. The van der Waals surface area contributed by atoms with Crippen LogP contribution in [0.15, 0.2) is 96.7 Å². The molecule has 0 spiro atoms. The second-order valence-corrected chi connectivity index (χ2v) is 8.49. The number of nitrogens with zero attached hydrogens (tertiary/aromatic N) is 1. The Morgan fingerprint density at radius 2 is 1.63 bits per heavy atom. The third-order valence-electron chi connectivity index (χ3n) is 5.63. The zero-order valence-corrected chi connectivity index (χ0v) is 20.9. The normalized spacial score (nSPS) is 13.8. The number of benzene rings is 3. The molecule has 0 aliphatic carbocycles. The molecular formula is C30H29NO7. The van der Waals surface area contributed by atoms with Crippen molar-refractivity contribution in [3.8, 4) is 0 Å². The summed E-state index contributed by atoms with van der Waals surface area (Å²) in [5, 5.41) is 16.7. The van der Waals surface area contributed by atoms with E-state index in [1.165, 1.54) is 0 Å². The summed E-state index contributed by atoms with van der Waals surface area (Å²) in [5.74, 6) is -2.04. The van der Waals surface area contributed by atoms with Crippen molar-refractivity contribution in [3.05, 3.63) is 97.1 Å². The van der Waals surface area contributed by atoms with Crippen LogP contribution in [0.4, 0.5) is 0 Å². The lowest BCUT2D eigenvalue weighted by Crippen LogP contribution is -2.10. The molecule has 1 fully saturated rings. The minimum atomic E-state index is -1.02. The third kappa shape index (κ3) is 8.25. The molecule has 1 atom stereocenters. The van der Waals surface area contributed by atoms with Crippen molar-refractivity contribution in [3.63, 3.8) is 0 Å². The van der Waals surface area contributed by atoms with Gasteiger partial charge in [0.1, 0.15) is 0 Å². The molecular weight excluding hydrogens is 486 g/mol. The summed E-state index contributed by atoms with van der Waals surface area (Å²) in [6.07, 6.45) is 4.03. The number of carbonyl (C=O) groups is 3. The first-order valence-electron chi connectivity index (χ1n) is 11.9. The van der Waals surface area contributed by atoms with Gasteiger partial charge in [0.15, 0.2) is 0 Å². The Morgan fingerprint density at radius 3 is 2.18 bits per heavy atom. The lowest BCUT2D eigenvalue weighted by molar-refractivity contribution is -0.139. The number of esters is 1. The monoisotopic (exact) mass is 515 g/mol. The van der Waals surface area contributed by atoms with Crippen molar-refractivity contribution in [2.24, 2.45) is 5.16 Å². The SMILES string of the molecule is C=C(CCCOC(=O)C(=C)CC1CO1)C(=O)O.C=CC(=O)ON=Cc1c2ccccc2cc2ccccc12. The predicted octanol–water partition coefficient (Wildman–Crippen LogP) is 5.35. The van der Waals surface area contributed by atoms with Gasteiger partial charge in [0.2, 0.25) is 0 Å². The second kappa shape index (κ2) is 13.7. The highest BCUT2D eigenvalue weighted by molar-refractivity contribution is 6.13. The minimum absolute atomic E-state index is 0.113.